The quantitative estimate of drug-likeness (QED) is 0.528. The maximum absolute atomic E-state index is 14.9. The Morgan fingerprint density at radius 1 is 1.10 bits per heavy atom. The van der Waals surface area contributed by atoms with Crippen LogP contribution in [0.3, 0.4) is 0 Å². The average molecular weight is 419 g/mol. The second-order valence-corrected chi connectivity index (χ2v) is 7.57. The Bertz CT molecular complexity index is 1280. The van der Waals surface area contributed by atoms with E-state index in [1.54, 1.807) is 31.6 Å². The molecule has 31 heavy (non-hydrogen) atoms. The first-order valence-corrected chi connectivity index (χ1v) is 10.1. The Balaban J connectivity index is 1.47. The molecule has 2 aromatic heterocycles. The topological polar surface area (TPSA) is 75.2 Å². The van der Waals surface area contributed by atoms with Crippen molar-refractivity contribution in [3.8, 4) is 11.1 Å². The van der Waals surface area contributed by atoms with E-state index in [0.717, 1.165) is 43.2 Å². The number of fused-ring (bicyclic) bond motifs is 1. The van der Waals surface area contributed by atoms with Crippen LogP contribution < -0.4 is 15.8 Å². The van der Waals surface area contributed by atoms with Crippen LogP contribution >= 0.6 is 0 Å². The molecule has 2 aromatic carbocycles. The van der Waals surface area contributed by atoms with Crippen LogP contribution in [0.1, 0.15) is 0 Å². The first-order chi connectivity index (χ1) is 15.1. The van der Waals surface area contributed by atoms with Gasteiger partial charge in [-0.1, -0.05) is 0 Å². The Hall–Kier alpha value is -3.65. The molecule has 158 valence electrons. The molecule has 4 aromatic rings. The Morgan fingerprint density at radius 2 is 1.87 bits per heavy atom. The van der Waals surface area contributed by atoms with Gasteiger partial charge in [-0.05, 0) is 48.0 Å². The van der Waals surface area contributed by atoms with Crippen molar-refractivity contribution in [1.29, 1.82) is 0 Å². The molecule has 0 spiro atoms. The summed E-state index contributed by atoms with van der Waals surface area (Å²) in [6.07, 6.45) is 3.31. The lowest BCUT2D eigenvalue weighted by Gasteiger charge is -2.28. The highest BCUT2D eigenvalue weighted by molar-refractivity contribution is 5.88. The van der Waals surface area contributed by atoms with Crippen LogP contribution in [-0.4, -0.2) is 41.1 Å². The lowest BCUT2D eigenvalue weighted by atomic mass is 10.1. The first-order valence-electron chi connectivity index (χ1n) is 10.1. The fraction of sp³-hybridized carbons (Fsp3) is 0.217. The molecule has 3 heterocycles. The molecule has 2 N–H and O–H groups in total. The van der Waals surface area contributed by atoms with Crippen molar-refractivity contribution in [3.63, 3.8) is 0 Å². The summed E-state index contributed by atoms with van der Waals surface area (Å²) in [5.41, 5.74) is 3.91. The SMILES string of the molecule is Cn1c(=O)c(Nc2ccc(N3CCOCC3)cc2)cc2c(F)cc(-c3cn[nH]c3)cc21. The number of halogens is 1. The van der Waals surface area contributed by atoms with Crippen molar-refractivity contribution < 1.29 is 9.13 Å². The summed E-state index contributed by atoms with van der Waals surface area (Å²) in [7, 11) is 1.65. The first kappa shape index (κ1) is 19.3. The average Bonchev–Trinajstić information content (AvgIpc) is 3.34. The van der Waals surface area contributed by atoms with Crippen LogP contribution in [0.2, 0.25) is 0 Å². The lowest BCUT2D eigenvalue weighted by Crippen LogP contribution is -2.36. The van der Waals surface area contributed by atoms with Crippen molar-refractivity contribution in [1.82, 2.24) is 14.8 Å². The van der Waals surface area contributed by atoms with Crippen molar-refractivity contribution in [3.05, 3.63) is 71.0 Å². The molecular formula is C23H22FN5O2. The molecule has 1 saturated heterocycles. The summed E-state index contributed by atoms with van der Waals surface area (Å²) in [5, 5.41) is 10.2. The van der Waals surface area contributed by atoms with Gasteiger partial charge in [0.25, 0.3) is 5.56 Å². The summed E-state index contributed by atoms with van der Waals surface area (Å²) < 4.78 is 21.8. The number of nitrogens with zero attached hydrogens (tertiary/aromatic N) is 3. The number of H-pyrrole nitrogens is 1. The van der Waals surface area contributed by atoms with Gasteiger partial charge in [0, 0.05) is 48.7 Å². The van der Waals surface area contributed by atoms with E-state index < -0.39 is 5.82 Å². The maximum atomic E-state index is 14.9. The van der Waals surface area contributed by atoms with E-state index in [2.05, 4.69) is 20.4 Å². The third-order valence-electron chi connectivity index (χ3n) is 5.65. The van der Waals surface area contributed by atoms with E-state index >= 15 is 0 Å². The minimum Gasteiger partial charge on any atom is -0.378 e. The van der Waals surface area contributed by atoms with E-state index in [4.69, 9.17) is 4.74 Å². The molecule has 0 bridgehead atoms. The highest BCUT2D eigenvalue weighted by Gasteiger charge is 2.14. The zero-order valence-corrected chi connectivity index (χ0v) is 17.1. The van der Waals surface area contributed by atoms with Crippen molar-refractivity contribution >= 4 is 28.0 Å². The predicted octanol–water partition coefficient (Wildman–Crippen LogP) is 3.65. The molecule has 5 rings (SSSR count). The smallest absolute Gasteiger partial charge is 0.274 e. The number of hydrogen-bond acceptors (Lipinski definition) is 5. The van der Waals surface area contributed by atoms with E-state index in [0.29, 0.717) is 22.2 Å². The number of aryl methyl sites for hydroxylation is 1. The minimum atomic E-state index is -0.394. The number of aromatic nitrogens is 3. The van der Waals surface area contributed by atoms with Gasteiger partial charge in [0.1, 0.15) is 11.5 Å². The molecule has 0 amide bonds. The van der Waals surface area contributed by atoms with E-state index in [1.807, 2.05) is 24.3 Å². The highest BCUT2D eigenvalue weighted by atomic mass is 19.1. The predicted molar refractivity (Wildman–Crippen MR) is 119 cm³/mol. The third kappa shape index (κ3) is 3.66. The van der Waals surface area contributed by atoms with Gasteiger partial charge in [-0.15, -0.1) is 0 Å². The molecule has 0 saturated carbocycles. The summed E-state index contributed by atoms with van der Waals surface area (Å²) in [6.45, 7) is 3.16. The number of anilines is 3. The third-order valence-corrected chi connectivity index (χ3v) is 5.65. The van der Waals surface area contributed by atoms with Gasteiger partial charge >= 0.3 is 0 Å². The van der Waals surface area contributed by atoms with Crippen molar-refractivity contribution in [2.24, 2.45) is 7.05 Å². The molecule has 0 radical (unpaired) electrons. The van der Waals surface area contributed by atoms with Gasteiger partial charge in [-0.2, -0.15) is 5.10 Å². The summed E-state index contributed by atoms with van der Waals surface area (Å²) in [4.78, 5) is 15.2. The van der Waals surface area contributed by atoms with Crippen LogP contribution in [0.25, 0.3) is 22.0 Å². The Kier molecular flexibility index (Phi) is 4.91. The second-order valence-electron chi connectivity index (χ2n) is 7.57. The fourth-order valence-corrected chi connectivity index (χ4v) is 3.92. The molecular weight excluding hydrogens is 397 g/mol. The molecule has 1 fully saturated rings. The molecule has 1 aliphatic heterocycles. The van der Waals surface area contributed by atoms with Crippen LogP contribution in [0, 0.1) is 5.82 Å². The van der Waals surface area contributed by atoms with Crippen molar-refractivity contribution in [2.75, 3.05) is 36.5 Å². The molecule has 0 unspecified atom stereocenters. The lowest BCUT2D eigenvalue weighted by molar-refractivity contribution is 0.122. The van der Waals surface area contributed by atoms with Gasteiger partial charge in [0.2, 0.25) is 0 Å². The molecule has 7 nitrogen and oxygen atoms in total. The number of hydrogen-bond donors (Lipinski definition) is 2. The normalized spacial score (nSPS) is 14.2. The minimum absolute atomic E-state index is 0.228. The van der Waals surface area contributed by atoms with Gasteiger partial charge in [-0.3, -0.25) is 9.89 Å². The van der Waals surface area contributed by atoms with Gasteiger partial charge < -0.3 is 19.5 Å². The van der Waals surface area contributed by atoms with Crippen LogP contribution in [0.5, 0.6) is 0 Å². The number of rotatable bonds is 4. The molecule has 1 aliphatic rings. The molecule has 0 atom stereocenters. The van der Waals surface area contributed by atoms with Gasteiger partial charge in [-0.25, -0.2) is 4.39 Å². The van der Waals surface area contributed by atoms with Crippen LogP contribution in [0.4, 0.5) is 21.5 Å². The van der Waals surface area contributed by atoms with Crippen molar-refractivity contribution in [2.45, 2.75) is 0 Å². The number of aromatic amines is 1. The number of pyridine rings is 1. The van der Waals surface area contributed by atoms with Gasteiger partial charge in [0.05, 0.1) is 24.9 Å². The van der Waals surface area contributed by atoms with E-state index in [1.165, 1.54) is 10.6 Å². The monoisotopic (exact) mass is 419 g/mol. The van der Waals surface area contributed by atoms with E-state index in [9.17, 15) is 9.18 Å². The zero-order chi connectivity index (χ0) is 21.4. The number of nitrogens with one attached hydrogen (secondary N) is 2. The standard InChI is InChI=1S/C23H22FN5O2/c1-28-22-11-15(16-13-25-26-14-16)10-20(24)19(22)12-21(23(28)30)27-17-2-4-18(5-3-17)29-6-8-31-9-7-29/h2-5,10-14,27H,6-9H2,1H3,(H,25,26). The van der Waals surface area contributed by atoms with E-state index in [-0.39, 0.29) is 5.56 Å². The summed E-state index contributed by atoms with van der Waals surface area (Å²) in [5.74, 6) is -0.394. The molecule has 8 heteroatoms. The Morgan fingerprint density at radius 3 is 2.58 bits per heavy atom. The van der Waals surface area contributed by atoms with Crippen LogP contribution in [0.15, 0.2) is 59.7 Å². The Labute approximate surface area is 178 Å². The van der Waals surface area contributed by atoms with Crippen LogP contribution in [-0.2, 0) is 11.8 Å². The second kappa shape index (κ2) is 7.88. The number of benzene rings is 2. The highest BCUT2D eigenvalue weighted by Crippen LogP contribution is 2.28. The maximum Gasteiger partial charge on any atom is 0.274 e. The zero-order valence-electron chi connectivity index (χ0n) is 17.1. The van der Waals surface area contributed by atoms with Gasteiger partial charge in [0.15, 0.2) is 0 Å². The summed E-state index contributed by atoms with van der Waals surface area (Å²) in [6, 6.07) is 12.7. The molecule has 0 aliphatic carbocycles. The number of ether oxygens (including phenoxy) is 1. The summed E-state index contributed by atoms with van der Waals surface area (Å²) >= 11 is 0. The number of morpholine rings is 1. The fourth-order valence-electron chi connectivity index (χ4n) is 3.92. The largest absolute Gasteiger partial charge is 0.378 e.